The van der Waals surface area contributed by atoms with Crippen LogP contribution in [0.4, 0.5) is 0 Å². The van der Waals surface area contributed by atoms with Gasteiger partial charge in [-0.05, 0) is 62.3 Å². The largest absolute Gasteiger partial charge is 0.484 e. The molecule has 1 aromatic carbocycles. The molecule has 0 spiro atoms. The molecule has 0 saturated carbocycles. The van der Waals surface area contributed by atoms with Crippen LogP contribution in [-0.4, -0.2) is 43.2 Å². The number of hydrogen-bond acceptors (Lipinski definition) is 4. The predicted molar refractivity (Wildman–Crippen MR) is 89.5 cm³/mol. The molecule has 128 valence electrons. The van der Waals surface area contributed by atoms with Crippen molar-refractivity contribution < 1.29 is 14.3 Å². The Morgan fingerprint density at radius 3 is 2.67 bits per heavy atom. The van der Waals surface area contributed by atoms with E-state index in [1.165, 1.54) is 6.42 Å². The van der Waals surface area contributed by atoms with Crippen molar-refractivity contribution in [3.63, 3.8) is 0 Å². The van der Waals surface area contributed by atoms with E-state index in [4.69, 9.17) is 14.7 Å². The molecule has 0 aromatic heterocycles. The van der Waals surface area contributed by atoms with Crippen LogP contribution in [0.1, 0.15) is 37.7 Å². The normalized spacial score (nSPS) is 22.0. The third-order valence-corrected chi connectivity index (χ3v) is 5.03. The molecule has 2 saturated heterocycles. The standard InChI is InChI=1S/C19H24N2O3/c20-13-15-4-6-17(7-5-15)24-14-19(22)21-10-2-1-3-18(21)16-8-11-23-12-9-16/h4-7,16,18H,1-3,8-12,14H2. The van der Waals surface area contributed by atoms with Gasteiger partial charge in [-0.1, -0.05) is 0 Å². The molecule has 5 nitrogen and oxygen atoms in total. The molecule has 2 heterocycles. The monoisotopic (exact) mass is 328 g/mol. The molecule has 3 rings (SSSR count). The highest BCUT2D eigenvalue weighted by Crippen LogP contribution is 2.30. The summed E-state index contributed by atoms with van der Waals surface area (Å²) >= 11 is 0. The summed E-state index contributed by atoms with van der Waals surface area (Å²) in [7, 11) is 0. The summed E-state index contributed by atoms with van der Waals surface area (Å²) in [4.78, 5) is 14.7. The minimum absolute atomic E-state index is 0.0611. The maximum absolute atomic E-state index is 12.7. The maximum atomic E-state index is 12.7. The first-order valence-corrected chi connectivity index (χ1v) is 8.78. The Hall–Kier alpha value is -2.06. The molecule has 0 radical (unpaired) electrons. The van der Waals surface area contributed by atoms with E-state index in [1.807, 2.05) is 4.90 Å². The maximum Gasteiger partial charge on any atom is 0.260 e. The van der Waals surface area contributed by atoms with Crippen molar-refractivity contribution in [1.29, 1.82) is 5.26 Å². The Morgan fingerprint density at radius 2 is 1.96 bits per heavy atom. The summed E-state index contributed by atoms with van der Waals surface area (Å²) < 4.78 is 11.1. The Bertz CT molecular complexity index is 588. The number of nitriles is 1. The topological polar surface area (TPSA) is 62.6 Å². The Kier molecular flexibility index (Phi) is 5.71. The van der Waals surface area contributed by atoms with E-state index in [0.717, 1.165) is 45.4 Å². The zero-order valence-corrected chi connectivity index (χ0v) is 13.9. The van der Waals surface area contributed by atoms with E-state index >= 15 is 0 Å². The number of nitrogens with zero attached hydrogens (tertiary/aromatic N) is 2. The number of likely N-dealkylation sites (tertiary alicyclic amines) is 1. The van der Waals surface area contributed by atoms with Gasteiger partial charge in [0.15, 0.2) is 6.61 Å². The lowest BCUT2D eigenvalue weighted by molar-refractivity contribution is -0.139. The summed E-state index contributed by atoms with van der Waals surface area (Å²) in [6.07, 6.45) is 5.45. The van der Waals surface area contributed by atoms with Crippen LogP contribution in [-0.2, 0) is 9.53 Å². The summed E-state index contributed by atoms with van der Waals surface area (Å²) in [6, 6.07) is 9.27. The second-order valence-corrected chi connectivity index (χ2v) is 6.52. The molecule has 2 aliphatic rings. The molecule has 1 amide bonds. The van der Waals surface area contributed by atoms with Crippen molar-refractivity contribution in [3.8, 4) is 11.8 Å². The fourth-order valence-electron chi connectivity index (χ4n) is 3.71. The number of carbonyl (C=O) groups excluding carboxylic acids is 1. The van der Waals surface area contributed by atoms with Gasteiger partial charge in [0.2, 0.25) is 0 Å². The van der Waals surface area contributed by atoms with Crippen LogP contribution in [0.15, 0.2) is 24.3 Å². The second-order valence-electron chi connectivity index (χ2n) is 6.52. The number of carbonyl (C=O) groups is 1. The van der Waals surface area contributed by atoms with Gasteiger partial charge in [0.1, 0.15) is 5.75 Å². The van der Waals surface area contributed by atoms with Gasteiger partial charge < -0.3 is 14.4 Å². The van der Waals surface area contributed by atoms with Crippen molar-refractivity contribution in [2.24, 2.45) is 5.92 Å². The zero-order valence-electron chi connectivity index (χ0n) is 13.9. The van der Waals surface area contributed by atoms with Crippen LogP contribution < -0.4 is 4.74 Å². The fraction of sp³-hybridized carbons (Fsp3) is 0.579. The number of ether oxygens (including phenoxy) is 2. The predicted octanol–water partition coefficient (Wildman–Crippen LogP) is 2.74. The Balaban J connectivity index is 1.58. The summed E-state index contributed by atoms with van der Waals surface area (Å²) in [5.41, 5.74) is 0.587. The van der Waals surface area contributed by atoms with Crippen LogP contribution in [0.5, 0.6) is 5.75 Å². The lowest BCUT2D eigenvalue weighted by atomic mass is 9.85. The Morgan fingerprint density at radius 1 is 1.21 bits per heavy atom. The number of rotatable bonds is 4. The van der Waals surface area contributed by atoms with Crippen LogP contribution >= 0.6 is 0 Å². The van der Waals surface area contributed by atoms with Crippen LogP contribution in [0.25, 0.3) is 0 Å². The Labute approximate surface area is 143 Å². The lowest BCUT2D eigenvalue weighted by Gasteiger charge is -2.41. The first-order valence-electron chi connectivity index (χ1n) is 8.78. The van der Waals surface area contributed by atoms with Crippen molar-refractivity contribution in [3.05, 3.63) is 29.8 Å². The van der Waals surface area contributed by atoms with E-state index in [0.29, 0.717) is 23.3 Å². The van der Waals surface area contributed by atoms with Crippen LogP contribution in [0, 0.1) is 17.2 Å². The molecule has 0 aliphatic carbocycles. The number of benzene rings is 1. The minimum Gasteiger partial charge on any atom is -0.484 e. The van der Waals surface area contributed by atoms with Crippen molar-refractivity contribution in [1.82, 2.24) is 4.90 Å². The van der Waals surface area contributed by atoms with Gasteiger partial charge in [-0.15, -0.1) is 0 Å². The molecule has 24 heavy (non-hydrogen) atoms. The first kappa shape index (κ1) is 16.8. The van der Waals surface area contributed by atoms with E-state index in [-0.39, 0.29) is 12.5 Å². The molecule has 5 heteroatoms. The molecule has 2 fully saturated rings. The highest BCUT2D eigenvalue weighted by Gasteiger charge is 2.33. The summed E-state index contributed by atoms with van der Waals surface area (Å²) in [5, 5.41) is 8.81. The molecular weight excluding hydrogens is 304 g/mol. The molecule has 2 aliphatic heterocycles. The smallest absolute Gasteiger partial charge is 0.260 e. The van der Waals surface area contributed by atoms with Gasteiger partial charge in [-0.25, -0.2) is 0 Å². The molecule has 0 bridgehead atoms. The number of amides is 1. The fourth-order valence-corrected chi connectivity index (χ4v) is 3.71. The van der Waals surface area contributed by atoms with E-state index in [1.54, 1.807) is 24.3 Å². The van der Waals surface area contributed by atoms with Gasteiger partial charge in [0.05, 0.1) is 11.6 Å². The summed E-state index contributed by atoms with van der Waals surface area (Å²) in [5.74, 6) is 1.25. The third kappa shape index (κ3) is 4.07. The van der Waals surface area contributed by atoms with E-state index in [2.05, 4.69) is 6.07 Å². The second kappa shape index (κ2) is 8.16. The van der Waals surface area contributed by atoms with E-state index in [9.17, 15) is 4.79 Å². The molecule has 1 aromatic rings. The molecule has 0 N–H and O–H groups in total. The SMILES string of the molecule is N#Cc1ccc(OCC(=O)N2CCCCC2C2CCOCC2)cc1. The van der Waals surface area contributed by atoms with Crippen molar-refractivity contribution in [2.45, 2.75) is 38.1 Å². The van der Waals surface area contributed by atoms with Crippen molar-refractivity contribution >= 4 is 5.91 Å². The average Bonchev–Trinajstić information content (AvgIpc) is 2.67. The van der Waals surface area contributed by atoms with Crippen molar-refractivity contribution in [2.75, 3.05) is 26.4 Å². The quantitative estimate of drug-likeness (QED) is 0.852. The third-order valence-electron chi connectivity index (χ3n) is 5.03. The molecule has 1 unspecified atom stereocenters. The number of piperidine rings is 1. The van der Waals surface area contributed by atoms with Crippen LogP contribution in [0.3, 0.4) is 0 Å². The van der Waals surface area contributed by atoms with Gasteiger partial charge >= 0.3 is 0 Å². The highest BCUT2D eigenvalue weighted by molar-refractivity contribution is 5.78. The lowest BCUT2D eigenvalue weighted by Crippen LogP contribution is -2.50. The minimum atomic E-state index is 0.0611. The van der Waals surface area contributed by atoms with Gasteiger partial charge in [-0.2, -0.15) is 5.26 Å². The highest BCUT2D eigenvalue weighted by atomic mass is 16.5. The van der Waals surface area contributed by atoms with Gasteiger partial charge in [0, 0.05) is 25.8 Å². The van der Waals surface area contributed by atoms with E-state index < -0.39 is 0 Å². The first-order chi connectivity index (χ1) is 11.8. The summed E-state index contributed by atoms with van der Waals surface area (Å²) in [6.45, 7) is 2.51. The van der Waals surface area contributed by atoms with Crippen LogP contribution in [0.2, 0.25) is 0 Å². The van der Waals surface area contributed by atoms with Gasteiger partial charge in [-0.3, -0.25) is 4.79 Å². The molecule has 1 atom stereocenters. The molecular formula is C19H24N2O3. The zero-order chi connectivity index (χ0) is 16.8. The number of hydrogen-bond donors (Lipinski definition) is 0. The van der Waals surface area contributed by atoms with Gasteiger partial charge in [0.25, 0.3) is 5.91 Å². The average molecular weight is 328 g/mol.